The van der Waals surface area contributed by atoms with Crippen LogP contribution in [0.3, 0.4) is 0 Å². The van der Waals surface area contributed by atoms with Crippen molar-refractivity contribution in [3.8, 4) is 5.75 Å². The van der Waals surface area contributed by atoms with E-state index >= 15 is 0 Å². The molecule has 0 fully saturated rings. The number of esters is 2. The molecule has 0 saturated carbocycles. The summed E-state index contributed by atoms with van der Waals surface area (Å²) < 4.78 is 9.94. The maximum Gasteiger partial charge on any atom is 0.338 e. The van der Waals surface area contributed by atoms with E-state index in [0.29, 0.717) is 36.7 Å². The highest BCUT2D eigenvalue weighted by atomic mass is 16.6. The lowest BCUT2D eigenvalue weighted by Gasteiger charge is -2.12. The van der Waals surface area contributed by atoms with Gasteiger partial charge in [-0.1, -0.05) is 31.2 Å². The number of hydroxylamine groups is 1. The molecule has 1 amide bonds. The smallest absolute Gasteiger partial charge is 0.338 e. The Bertz CT molecular complexity index is 861. The SMILES string of the molecule is CCOC(=O)c1ccc(CC(C)CCC(=O)NOCc2ccc(OC(C)=O)cc2)cc1. The molecule has 2 rings (SSSR count). The molecule has 0 heterocycles. The van der Waals surface area contributed by atoms with Crippen molar-refractivity contribution >= 4 is 17.8 Å². The number of rotatable bonds is 11. The third kappa shape index (κ3) is 9.00. The summed E-state index contributed by atoms with van der Waals surface area (Å²) in [6, 6.07) is 14.2. The second-order valence-electron chi connectivity index (χ2n) is 7.32. The average Bonchev–Trinajstić information content (AvgIpc) is 2.74. The zero-order chi connectivity index (χ0) is 22.6. The minimum Gasteiger partial charge on any atom is -0.462 e. The van der Waals surface area contributed by atoms with Crippen LogP contribution in [-0.2, 0) is 32.2 Å². The highest BCUT2D eigenvalue weighted by Gasteiger charge is 2.10. The van der Waals surface area contributed by atoms with Crippen molar-refractivity contribution in [1.29, 1.82) is 0 Å². The molecule has 2 aromatic rings. The maximum atomic E-state index is 12.0. The summed E-state index contributed by atoms with van der Waals surface area (Å²) >= 11 is 0. The summed E-state index contributed by atoms with van der Waals surface area (Å²) in [4.78, 5) is 39.9. The van der Waals surface area contributed by atoms with E-state index < -0.39 is 0 Å². The van der Waals surface area contributed by atoms with Crippen LogP contribution in [0.25, 0.3) is 0 Å². The van der Waals surface area contributed by atoms with Crippen molar-refractivity contribution in [2.24, 2.45) is 5.92 Å². The van der Waals surface area contributed by atoms with Crippen LogP contribution >= 0.6 is 0 Å². The quantitative estimate of drug-likeness (QED) is 0.331. The number of amides is 1. The zero-order valence-corrected chi connectivity index (χ0v) is 18.2. The van der Waals surface area contributed by atoms with Crippen molar-refractivity contribution in [2.45, 2.75) is 46.6 Å². The van der Waals surface area contributed by atoms with Gasteiger partial charge in [0, 0.05) is 13.3 Å². The third-order valence-electron chi connectivity index (χ3n) is 4.52. The van der Waals surface area contributed by atoms with E-state index in [-0.39, 0.29) is 24.5 Å². The van der Waals surface area contributed by atoms with E-state index in [9.17, 15) is 14.4 Å². The molecule has 0 radical (unpaired) electrons. The number of nitrogens with one attached hydrogen (secondary N) is 1. The third-order valence-corrected chi connectivity index (χ3v) is 4.52. The Kier molecular flexibility index (Phi) is 9.71. The fraction of sp³-hybridized carbons (Fsp3) is 0.375. The lowest BCUT2D eigenvalue weighted by molar-refractivity contribution is -0.135. The Morgan fingerprint density at radius 2 is 1.61 bits per heavy atom. The topological polar surface area (TPSA) is 90.9 Å². The molecule has 2 aromatic carbocycles. The Balaban J connectivity index is 1.66. The summed E-state index contributed by atoms with van der Waals surface area (Å²) in [5, 5.41) is 0. The second kappa shape index (κ2) is 12.5. The molecular weight excluding hydrogens is 398 g/mol. The van der Waals surface area contributed by atoms with Crippen LogP contribution in [0, 0.1) is 5.92 Å². The molecule has 7 nitrogen and oxygen atoms in total. The first-order valence-corrected chi connectivity index (χ1v) is 10.3. The van der Waals surface area contributed by atoms with Gasteiger partial charge in [0.25, 0.3) is 0 Å². The van der Waals surface area contributed by atoms with Gasteiger partial charge in [-0.2, -0.15) is 0 Å². The Labute approximate surface area is 182 Å². The molecule has 1 atom stereocenters. The van der Waals surface area contributed by atoms with E-state index in [1.165, 1.54) is 6.92 Å². The van der Waals surface area contributed by atoms with E-state index in [1.807, 2.05) is 12.1 Å². The predicted molar refractivity (Wildman–Crippen MR) is 115 cm³/mol. The summed E-state index contributed by atoms with van der Waals surface area (Å²) in [7, 11) is 0. The van der Waals surface area contributed by atoms with E-state index in [1.54, 1.807) is 43.3 Å². The van der Waals surface area contributed by atoms with Gasteiger partial charge in [0.05, 0.1) is 18.8 Å². The first kappa shape index (κ1) is 24.1. The van der Waals surface area contributed by atoms with Crippen LogP contribution in [-0.4, -0.2) is 24.5 Å². The van der Waals surface area contributed by atoms with Crippen molar-refractivity contribution in [3.63, 3.8) is 0 Å². The molecule has 0 saturated heterocycles. The molecule has 0 aliphatic rings. The standard InChI is InChI=1S/C24H29NO6/c1-4-29-24(28)21-10-6-19(7-11-21)15-17(2)5-14-23(27)25-30-16-20-8-12-22(13-9-20)31-18(3)26/h6-13,17H,4-5,14-16H2,1-3H3,(H,25,27). The Morgan fingerprint density at radius 1 is 0.968 bits per heavy atom. The molecular formula is C24H29NO6. The van der Waals surface area contributed by atoms with Gasteiger partial charge in [0.15, 0.2) is 0 Å². The number of benzene rings is 2. The molecule has 0 aliphatic heterocycles. The highest BCUT2D eigenvalue weighted by Crippen LogP contribution is 2.16. The number of ether oxygens (including phenoxy) is 2. The molecule has 7 heteroatoms. The predicted octanol–water partition coefficient (Wildman–Crippen LogP) is 4.00. The molecule has 31 heavy (non-hydrogen) atoms. The van der Waals surface area contributed by atoms with E-state index in [0.717, 1.165) is 17.5 Å². The minimum absolute atomic E-state index is 0.180. The van der Waals surface area contributed by atoms with Gasteiger partial charge < -0.3 is 9.47 Å². The Hall–Kier alpha value is -3.19. The van der Waals surface area contributed by atoms with Crippen LogP contribution in [0.2, 0.25) is 0 Å². The van der Waals surface area contributed by atoms with Crippen LogP contribution in [0.4, 0.5) is 0 Å². The number of carbonyl (C=O) groups excluding carboxylic acids is 3. The number of hydrogen-bond acceptors (Lipinski definition) is 6. The summed E-state index contributed by atoms with van der Waals surface area (Å²) in [6.45, 7) is 5.77. The van der Waals surface area contributed by atoms with Gasteiger partial charge in [0.1, 0.15) is 5.75 Å². The summed E-state index contributed by atoms with van der Waals surface area (Å²) in [6.07, 6.45) is 1.88. The lowest BCUT2D eigenvalue weighted by atomic mass is 9.96. The number of carbonyl (C=O) groups is 3. The van der Waals surface area contributed by atoms with Gasteiger partial charge >= 0.3 is 11.9 Å². The largest absolute Gasteiger partial charge is 0.462 e. The zero-order valence-electron chi connectivity index (χ0n) is 18.2. The fourth-order valence-electron chi connectivity index (χ4n) is 2.94. The average molecular weight is 427 g/mol. The fourth-order valence-corrected chi connectivity index (χ4v) is 2.94. The van der Waals surface area contributed by atoms with E-state index in [2.05, 4.69) is 12.4 Å². The van der Waals surface area contributed by atoms with Crippen molar-refractivity contribution in [2.75, 3.05) is 6.61 Å². The summed E-state index contributed by atoms with van der Waals surface area (Å²) in [5.74, 6) is -0.114. The monoisotopic (exact) mass is 427 g/mol. The first-order chi connectivity index (χ1) is 14.9. The molecule has 0 bridgehead atoms. The number of hydrogen-bond donors (Lipinski definition) is 1. The molecule has 166 valence electrons. The Morgan fingerprint density at radius 3 is 2.23 bits per heavy atom. The van der Waals surface area contributed by atoms with Crippen LogP contribution in [0.1, 0.15) is 55.1 Å². The maximum absolute atomic E-state index is 12.0. The second-order valence-corrected chi connectivity index (χ2v) is 7.32. The van der Waals surface area contributed by atoms with Crippen LogP contribution in [0.5, 0.6) is 5.75 Å². The molecule has 0 aromatic heterocycles. The minimum atomic E-state index is -0.376. The molecule has 0 spiro atoms. The molecule has 1 unspecified atom stereocenters. The van der Waals surface area contributed by atoms with Crippen LogP contribution in [0.15, 0.2) is 48.5 Å². The van der Waals surface area contributed by atoms with Crippen molar-refractivity contribution in [1.82, 2.24) is 5.48 Å². The van der Waals surface area contributed by atoms with Gasteiger partial charge in [-0.25, -0.2) is 10.3 Å². The summed E-state index contributed by atoms with van der Waals surface area (Å²) in [5.41, 5.74) is 4.94. The van der Waals surface area contributed by atoms with Gasteiger partial charge in [-0.05, 0) is 61.1 Å². The molecule has 0 aliphatic carbocycles. The first-order valence-electron chi connectivity index (χ1n) is 10.3. The normalized spacial score (nSPS) is 11.5. The van der Waals surface area contributed by atoms with Gasteiger partial charge in [-0.3, -0.25) is 14.4 Å². The van der Waals surface area contributed by atoms with Crippen molar-refractivity contribution < 1.29 is 28.7 Å². The van der Waals surface area contributed by atoms with Gasteiger partial charge in [0.2, 0.25) is 5.91 Å². The highest BCUT2D eigenvalue weighted by molar-refractivity contribution is 5.89. The van der Waals surface area contributed by atoms with Crippen LogP contribution < -0.4 is 10.2 Å². The lowest BCUT2D eigenvalue weighted by Crippen LogP contribution is -2.23. The van der Waals surface area contributed by atoms with Crippen molar-refractivity contribution in [3.05, 3.63) is 65.2 Å². The molecule has 1 N–H and O–H groups in total. The van der Waals surface area contributed by atoms with E-state index in [4.69, 9.17) is 14.3 Å². The van der Waals surface area contributed by atoms with Gasteiger partial charge in [-0.15, -0.1) is 0 Å².